The van der Waals surface area contributed by atoms with Crippen molar-refractivity contribution in [2.75, 3.05) is 26.7 Å². The molecule has 43 heavy (non-hydrogen) atoms. The quantitative estimate of drug-likeness (QED) is 0.344. The Balaban J connectivity index is 0.00000423. The maximum atomic E-state index is 13.8. The Morgan fingerprint density at radius 1 is 1.02 bits per heavy atom. The lowest BCUT2D eigenvalue weighted by molar-refractivity contribution is -0.166. The van der Waals surface area contributed by atoms with Gasteiger partial charge < -0.3 is 29.9 Å². The number of aliphatic hydroxyl groups is 1. The number of hydrogen-bond acceptors (Lipinski definition) is 7. The molecule has 1 spiro atoms. The van der Waals surface area contributed by atoms with Crippen molar-refractivity contribution >= 4 is 24.2 Å². The van der Waals surface area contributed by atoms with Crippen molar-refractivity contribution in [3.63, 3.8) is 0 Å². The smallest absolute Gasteiger partial charge is 0.248 e. The highest BCUT2D eigenvalue weighted by molar-refractivity contribution is 6.00. The van der Waals surface area contributed by atoms with E-state index in [1.165, 1.54) is 19.6 Å². The molecule has 0 radical (unpaired) electrons. The topological polar surface area (TPSA) is 112 Å². The lowest BCUT2D eigenvalue weighted by Gasteiger charge is -2.52. The number of carbonyl (C=O) groups is 2. The van der Waals surface area contributed by atoms with Crippen LogP contribution in [-0.4, -0.2) is 76.3 Å². The predicted octanol–water partition coefficient (Wildman–Crippen LogP) is 5.02. The number of nitrogens with zero attached hydrogens (tertiary/aromatic N) is 2. The summed E-state index contributed by atoms with van der Waals surface area (Å²) in [4.78, 5) is 31.7. The summed E-state index contributed by atoms with van der Waals surface area (Å²) in [6, 6.07) is 11.7. The van der Waals surface area contributed by atoms with Crippen molar-refractivity contribution in [3.8, 4) is 23.0 Å². The maximum absolute atomic E-state index is 13.8. The van der Waals surface area contributed by atoms with Crippen LogP contribution in [0, 0.1) is 5.92 Å². The Morgan fingerprint density at radius 3 is 2.37 bits per heavy atom. The molecule has 5 rings (SSSR count). The number of benzene rings is 2. The Labute approximate surface area is 260 Å². The van der Waals surface area contributed by atoms with Crippen LogP contribution < -0.4 is 14.8 Å². The van der Waals surface area contributed by atoms with Gasteiger partial charge in [-0.1, -0.05) is 44.7 Å². The lowest BCUT2D eigenvalue weighted by Crippen LogP contribution is -2.75. The minimum atomic E-state index is -0.855. The monoisotopic (exact) mass is 615 g/mol. The molecular weight excluding hydrogens is 570 g/mol. The standard InChI is InChI=1S/C33H45N3O6.ClH/c1-3-4-18-36-31(39)29(30(38)24-8-6-5-7-9-24)34-32(40)33(36)16-19-35(20-17-33)22-23-10-13-26(14-11-23)42-27-15-12-25(37)21-28(27)41-2;/h10-15,21,24,29-30,37-38H,3-9,16-20,22H2,1-2H3,(H,34,40);1H/t29-,30-;/m1./s1. The number of carbonyl (C=O) groups excluding carboxylic acids is 2. The molecular formula is C33H46ClN3O6. The van der Waals surface area contributed by atoms with E-state index in [0.717, 1.165) is 50.6 Å². The SMILES string of the molecule is CCCCN1C(=O)[C@@H]([C@H](O)C2CCCCC2)NC(=O)C12CCN(Cc1ccc(Oc3ccc(O)cc3OC)cc1)CC2.Cl. The molecule has 0 aromatic heterocycles. The summed E-state index contributed by atoms with van der Waals surface area (Å²) in [5, 5.41) is 23.8. The number of piperazine rings is 1. The summed E-state index contributed by atoms with van der Waals surface area (Å²) >= 11 is 0. The fourth-order valence-corrected chi connectivity index (χ4v) is 6.83. The molecule has 1 saturated carbocycles. The van der Waals surface area contributed by atoms with E-state index in [2.05, 4.69) is 17.1 Å². The van der Waals surface area contributed by atoms with Crippen molar-refractivity contribution < 1.29 is 29.3 Å². The lowest BCUT2D eigenvalue weighted by atomic mass is 9.78. The summed E-state index contributed by atoms with van der Waals surface area (Å²) in [7, 11) is 1.53. The number of aliphatic hydroxyl groups excluding tert-OH is 1. The van der Waals surface area contributed by atoms with Gasteiger partial charge in [0.05, 0.1) is 13.2 Å². The van der Waals surface area contributed by atoms with E-state index < -0.39 is 17.7 Å². The van der Waals surface area contributed by atoms with E-state index in [9.17, 15) is 19.8 Å². The molecule has 2 saturated heterocycles. The molecule has 1 aliphatic carbocycles. The first-order chi connectivity index (χ1) is 20.3. The van der Waals surface area contributed by atoms with E-state index in [4.69, 9.17) is 9.47 Å². The fraction of sp³-hybridized carbons (Fsp3) is 0.576. The number of methoxy groups -OCH3 is 1. The van der Waals surface area contributed by atoms with Crippen molar-refractivity contribution in [1.29, 1.82) is 0 Å². The Morgan fingerprint density at radius 2 is 1.72 bits per heavy atom. The number of amides is 2. The third kappa shape index (κ3) is 7.21. The largest absolute Gasteiger partial charge is 0.508 e. The van der Waals surface area contributed by atoms with Crippen LogP contribution in [0.4, 0.5) is 0 Å². The number of nitrogens with one attached hydrogen (secondary N) is 1. The number of hydrogen-bond donors (Lipinski definition) is 3. The Bertz CT molecular complexity index is 1230. The maximum Gasteiger partial charge on any atom is 0.248 e. The minimum Gasteiger partial charge on any atom is -0.508 e. The van der Waals surface area contributed by atoms with Crippen LogP contribution in [-0.2, 0) is 16.1 Å². The van der Waals surface area contributed by atoms with Gasteiger partial charge in [-0.3, -0.25) is 14.5 Å². The summed E-state index contributed by atoms with van der Waals surface area (Å²) in [5.74, 6) is 1.59. The summed E-state index contributed by atoms with van der Waals surface area (Å²) in [6.07, 6.45) is 7.21. The number of piperidine rings is 1. The van der Waals surface area contributed by atoms with Crippen LogP contribution in [0.5, 0.6) is 23.0 Å². The third-order valence-corrected chi connectivity index (χ3v) is 9.36. The molecule has 2 aliphatic heterocycles. The molecule has 236 valence electrons. The van der Waals surface area contributed by atoms with Gasteiger partial charge in [-0.05, 0) is 67.9 Å². The van der Waals surface area contributed by atoms with Gasteiger partial charge in [0.2, 0.25) is 11.8 Å². The summed E-state index contributed by atoms with van der Waals surface area (Å²) < 4.78 is 11.3. The van der Waals surface area contributed by atoms with Gasteiger partial charge in [-0.2, -0.15) is 0 Å². The van der Waals surface area contributed by atoms with Crippen molar-refractivity contribution in [2.24, 2.45) is 5.92 Å². The number of rotatable bonds is 10. The number of phenolic OH excluding ortho intramolecular Hbond substituents is 1. The van der Waals surface area contributed by atoms with Crippen molar-refractivity contribution in [2.45, 2.75) is 88.9 Å². The summed E-state index contributed by atoms with van der Waals surface area (Å²) in [6.45, 7) is 4.76. The van der Waals surface area contributed by atoms with Crippen LogP contribution in [0.3, 0.4) is 0 Å². The second-order valence-electron chi connectivity index (χ2n) is 12.1. The first-order valence-corrected chi connectivity index (χ1v) is 15.5. The molecule has 2 aromatic carbocycles. The molecule has 2 heterocycles. The van der Waals surface area contributed by atoms with E-state index in [1.54, 1.807) is 12.1 Å². The molecule has 9 nitrogen and oxygen atoms in total. The average Bonchev–Trinajstić information content (AvgIpc) is 3.02. The third-order valence-electron chi connectivity index (χ3n) is 9.36. The first kappa shape index (κ1) is 32.9. The van der Waals surface area contributed by atoms with Crippen molar-refractivity contribution in [1.82, 2.24) is 15.1 Å². The van der Waals surface area contributed by atoms with E-state index in [-0.39, 0.29) is 35.9 Å². The molecule has 2 aromatic rings. The molecule has 0 unspecified atom stereocenters. The Kier molecular flexibility index (Phi) is 11.2. The zero-order valence-corrected chi connectivity index (χ0v) is 26.1. The number of ether oxygens (including phenoxy) is 2. The number of phenols is 1. The van der Waals surface area contributed by atoms with Crippen LogP contribution in [0.25, 0.3) is 0 Å². The van der Waals surface area contributed by atoms with E-state index in [1.807, 2.05) is 29.2 Å². The molecule has 3 aliphatic rings. The molecule has 3 fully saturated rings. The van der Waals surface area contributed by atoms with Gasteiger partial charge in [-0.25, -0.2) is 0 Å². The molecule has 2 atom stereocenters. The highest BCUT2D eigenvalue weighted by atomic mass is 35.5. The van der Waals surface area contributed by atoms with Gasteiger partial charge in [0.15, 0.2) is 11.5 Å². The predicted molar refractivity (Wildman–Crippen MR) is 167 cm³/mol. The normalized spacial score (nSPS) is 21.7. The highest BCUT2D eigenvalue weighted by Gasteiger charge is 2.55. The molecule has 2 amide bonds. The zero-order valence-electron chi connectivity index (χ0n) is 25.3. The molecule has 3 N–H and O–H groups in total. The van der Waals surface area contributed by atoms with Gasteiger partial charge >= 0.3 is 0 Å². The second-order valence-corrected chi connectivity index (χ2v) is 12.1. The van der Waals surface area contributed by atoms with Gasteiger partial charge in [0.1, 0.15) is 23.1 Å². The van der Waals surface area contributed by atoms with Crippen molar-refractivity contribution in [3.05, 3.63) is 48.0 Å². The van der Waals surface area contributed by atoms with Gasteiger partial charge in [0.25, 0.3) is 0 Å². The van der Waals surface area contributed by atoms with Crippen LogP contribution in [0.15, 0.2) is 42.5 Å². The number of likely N-dealkylation sites (tertiary alicyclic amines) is 1. The van der Waals surface area contributed by atoms with E-state index in [0.29, 0.717) is 49.7 Å². The fourth-order valence-electron chi connectivity index (χ4n) is 6.83. The van der Waals surface area contributed by atoms with Crippen LogP contribution in [0.1, 0.15) is 70.3 Å². The van der Waals surface area contributed by atoms with Crippen LogP contribution >= 0.6 is 12.4 Å². The van der Waals surface area contributed by atoms with Gasteiger partial charge in [0, 0.05) is 32.2 Å². The minimum absolute atomic E-state index is 0. The number of unbranched alkanes of at least 4 members (excludes halogenated alkanes) is 1. The first-order valence-electron chi connectivity index (χ1n) is 15.5. The average molecular weight is 616 g/mol. The van der Waals surface area contributed by atoms with E-state index >= 15 is 0 Å². The van der Waals surface area contributed by atoms with Gasteiger partial charge in [-0.15, -0.1) is 12.4 Å². The summed E-state index contributed by atoms with van der Waals surface area (Å²) in [5.41, 5.74) is 0.269. The number of halogens is 1. The highest BCUT2D eigenvalue weighted by Crippen LogP contribution is 2.37. The second kappa shape index (κ2) is 14.6. The Hall–Kier alpha value is -3.01. The molecule has 10 heteroatoms. The molecule has 0 bridgehead atoms. The zero-order chi connectivity index (χ0) is 29.7. The van der Waals surface area contributed by atoms with Crippen LogP contribution in [0.2, 0.25) is 0 Å². The number of aromatic hydroxyl groups is 1.